The number of fused-ring (bicyclic) bond motifs is 3. The molecule has 0 saturated heterocycles. The van der Waals surface area contributed by atoms with Gasteiger partial charge in [0, 0.05) is 24.6 Å². The normalized spacial score (nSPS) is 16.2. The van der Waals surface area contributed by atoms with Crippen LogP contribution in [-0.2, 0) is 14.4 Å². The van der Waals surface area contributed by atoms with Gasteiger partial charge >= 0.3 is 11.8 Å². The molecule has 0 unspecified atom stereocenters. The van der Waals surface area contributed by atoms with Crippen LogP contribution >= 0.6 is 0 Å². The predicted octanol–water partition coefficient (Wildman–Crippen LogP) is 4.92. The Morgan fingerprint density at radius 1 is 0.939 bits per heavy atom. The van der Waals surface area contributed by atoms with E-state index in [1.165, 1.54) is 13.8 Å². The summed E-state index contributed by atoms with van der Waals surface area (Å²) in [7, 11) is 0. The number of hydrogen-bond donors (Lipinski definition) is 2. The lowest BCUT2D eigenvalue weighted by Crippen LogP contribution is -2.52. The lowest BCUT2D eigenvalue weighted by atomic mass is 9.84. The number of nitrogens with one attached hydrogen (secondary N) is 2. The zero-order valence-electron chi connectivity index (χ0n) is 18.3. The summed E-state index contributed by atoms with van der Waals surface area (Å²) in [4.78, 5) is 38.1. The van der Waals surface area contributed by atoms with Crippen LogP contribution in [0.2, 0.25) is 0 Å². The summed E-state index contributed by atoms with van der Waals surface area (Å²) in [5, 5.41) is 4.92. The molecule has 0 aliphatic carbocycles. The minimum atomic E-state index is -4.57. The monoisotopic (exact) mass is 464 g/mol. The maximum absolute atomic E-state index is 13.6. The third-order valence-corrected chi connectivity index (χ3v) is 5.69. The second-order valence-corrected chi connectivity index (χ2v) is 8.74. The first kappa shape index (κ1) is 24.4. The molecule has 1 aliphatic rings. The van der Waals surface area contributed by atoms with Gasteiger partial charge in [0.2, 0.25) is 11.8 Å². The van der Waals surface area contributed by atoms with Gasteiger partial charge in [-0.05, 0) is 31.0 Å². The highest BCUT2D eigenvalue weighted by Crippen LogP contribution is 2.40. The largest absolute Gasteiger partial charge is 0.344 e. The Balaban J connectivity index is 1.82. The maximum atomic E-state index is 13.6. The van der Waals surface area contributed by atoms with E-state index >= 15 is 0 Å². The van der Waals surface area contributed by atoms with E-state index in [1.807, 2.05) is 18.2 Å². The van der Waals surface area contributed by atoms with Gasteiger partial charge in [0.25, 0.3) is 0 Å². The molecule has 2 amide bonds. The van der Waals surface area contributed by atoms with Crippen molar-refractivity contribution in [2.45, 2.75) is 56.9 Å². The lowest BCUT2D eigenvalue weighted by Gasteiger charge is -2.29. The summed E-state index contributed by atoms with van der Waals surface area (Å²) in [6, 6.07) is 14.3. The van der Waals surface area contributed by atoms with E-state index in [-0.39, 0.29) is 13.3 Å². The Morgan fingerprint density at radius 3 is 2.15 bits per heavy atom. The summed E-state index contributed by atoms with van der Waals surface area (Å²) < 4.78 is 53.3. The minimum absolute atomic E-state index is 0.0245. The van der Waals surface area contributed by atoms with E-state index in [9.17, 15) is 31.9 Å². The van der Waals surface area contributed by atoms with Crippen molar-refractivity contribution in [2.24, 2.45) is 0 Å². The molecule has 0 bridgehead atoms. The van der Waals surface area contributed by atoms with Gasteiger partial charge in [-0.1, -0.05) is 42.5 Å². The molecule has 1 heterocycles. The van der Waals surface area contributed by atoms with E-state index in [2.05, 4.69) is 10.6 Å². The summed E-state index contributed by atoms with van der Waals surface area (Å²) in [6.07, 6.45) is -2.10. The fourth-order valence-electron chi connectivity index (χ4n) is 3.70. The summed E-state index contributed by atoms with van der Waals surface area (Å²) in [5.74, 6) is -12.3. The highest BCUT2D eigenvalue weighted by molar-refractivity contribution is 6.06. The van der Waals surface area contributed by atoms with Crippen molar-refractivity contribution >= 4 is 23.3 Å². The molecule has 0 fully saturated rings. The molecule has 2 N–H and O–H groups in total. The van der Waals surface area contributed by atoms with Crippen molar-refractivity contribution < 1.29 is 31.9 Å². The number of carbonyl (C=O) groups excluding carboxylic acids is 3. The number of benzene rings is 2. The van der Waals surface area contributed by atoms with Crippen molar-refractivity contribution in [3.63, 3.8) is 0 Å². The zero-order chi connectivity index (χ0) is 24.6. The Kier molecular flexibility index (Phi) is 6.37. The molecule has 176 valence electrons. The highest BCUT2D eigenvalue weighted by Gasteiger charge is 2.53. The maximum Gasteiger partial charge on any atom is 0.318 e. The van der Waals surface area contributed by atoms with Crippen LogP contribution < -0.4 is 10.6 Å². The molecule has 33 heavy (non-hydrogen) atoms. The van der Waals surface area contributed by atoms with Crippen LogP contribution in [0.25, 0.3) is 11.1 Å². The van der Waals surface area contributed by atoms with Crippen LogP contribution in [0, 0.1) is 0 Å². The van der Waals surface area contributed by atoms with Crippen molar-refractivity contribution in [1.29, 1.82) is 0 Å². The second-order valence-electron chi connectivity index (χ2n) is 8.74. The smallest absolute Gasteiger partial charge is 0.318 e. The molecule has 0 radical (unpaired) electrons. The number of Topliss-reactive ketones (excluding diaryl/α,β-unsaturated/α-hetero) is 1. The van der Waals surface area contributed by atoms with Gasteiger partial charge in [-0.15, -0.1) is 0 Å². The van der Waals surface area contributed by atoms with Crippen LogP contribution in [0.5, 0.6) is 0 Å². The molecule has 0 saturated carbocycles. The molecule has 1 aliphatic heterocycles. The van der Waals surface area contributed by atoms with Gasteiger partial charge in [0.05, 0.1) is 17.9 Å². The third kappa shape index (κ3) is 5.07. The number of para-hydroxylation sites is 1. The molecule has 3 rings (SSSR count). The van der Waals surface area contributed by atoms with Crippen molar-refractivity contribution in [3.05, 3.63) is 54.1 Å². The van der Waals surface area contributed by atoms with Crippen LogP contribution in [-0.4, -0.2) is 35.0 Å². The average molecular weight is 464 g/mol. The first-order valence-electron chi connectivity index (χ1n) is 10.3. The number of ketones is 1. The summed E-state index contributed by atoms with van der Waals surface area (Å²) in [6.45, 7) is 2.59. The zero-order valence-corrected chi connectivity index (χ0v) is 18.3. The molecule has 9 heteroatoms. The van der Waals surface area contributed by atoms with E-state index in [1.54, 1.807) is 30.3 Å². The van der Waals surface area contributed by atoms with Gasteiger partial charge in [0.15, 0.2) is 5.78 Å². The molecule has 2 aromatic rings. The average Bonchev–Trinajstić information content (AvgIpc) is 2.81. The van der Waals surface area contributed by atoms with Crippen molar-refractivity contribution in [3.8, 4) is 11.1 Å². The second kappa shape index (κ2) is 8.61. The van der Waals surface area contributed by atoms with Crippen molar-refractivity contribution in [1.82, 2.24) is 5.32 Å². The first-order valence-corrected chi connectivity index (χ1v) is 10.3. The number of carbonyl (C=O) groups is 3. The number of hydrogen-bond acceptors (Lipinski definition) is 3. The Morgan fingerprint density at radius 2 is 1.52 bits per heavy atom. The van der Waals surface area contributed by atoms with Crippen LogP contribution in [0.1, 0.15) is 45.1 Å². The summed E-state index contributed by atoms with van der Waals surface area (Å²) in [5.41, 5.74) is 1.07. The molecule has 0 spiro atoms. The fourth-order valence-corrected chi connectivity index (χ4v) is 3.70. The standard InChI is InChI=1S/C24H24F4N2O3/c1-22(2,30-20(32)13-24(27,28)23(3,25)26)19(31)12-17-15-9-5-4-8-14(15)16-10-6-7-11-18(16)29-21(17)33/h4-11,17H,12-13H2,1-3H3,(H,29,33)(H,30,32)/t17-/m0/s1. The number of amides is 2. The van der Waals surface area contributed by atoms with Gasteiger partial charge in [-0.3, -0.25) is 14.4 Å². The molecule has 1 atom stereocenters. The van der Waals surface area contributed by atoms with E-state index in [4.69, 9.17) is 0 Å². The molecule has 2 aromatic carbocycles. The van der Waals surface area contributed by atoms with Crippen LogP contribution in [0.4, 0.5) is 23.2 Å². The number of rotatable bonds is 7. The fraction of sp³-hybridized carbons (Fsp3) is 0.375. The lowest BCUT2D eigenvalue weighted by molar-refractivity contribution is -0.202. The quantitative estimate of drug-likeness (QED) is 0.571. The highest BCUT2D eigenvalue weighted by atomic mass is 19.3. The van der Waals surface area contributed by atoms with Crippen LogP contribution in [0.15, 0.2) is 48.5 Å². The Bertz CT molecular complexity index is 1090. The van der Waals surface area contributed by atoms with Crippen molar-refractivity contribution in [2.75, 3.05) is 5.32 Å². The molecular weight excluding hydrogens is 440 g/mol. The molecule has 0 aromatic heterocycles. The first-order chi connectivity index (χ1) is 15.2. The predicted molar refractivity (Wildman–Crippen MR) is 115 cm³/mol. The van der Waals surface area contributed by atoms with E-state index in [0.717, 1.165) is 11.1 Å². The summed E-state index contributed by atoms with van der Waals surface area (Å²) >= 11 is 0. The van der Waals surface area contributed by atoms with E-state index in [0.29, 0.717) is 11.3 Å². The molecular formula is C24H24F4N2O3. The number of halogens is 4. The van der Waals surface area contributed by atoms with Gasteiger partial charge < -0.3 is 10.6 Å². The Hall–Kier alpha value is -3.23. The van der Waals surface area contributed by atoms with Gasteiger partial charge in [-0.25, -0.2) is 8.78 Å². The number of alkyl halides is 4. The topological polar surface area (TPSA) is 75.3 Å². The van der Waals surface area contributed by atoms with Gasteiger partial charge in [0.1, 0.15) is 0 Å². The van der Waals surface area contributed by atoms with E-state index < -0.39 is 47.3 Å². The number of anilines is 1. The minimum Gasteiger partial charge on any atom is -0.344 e. The SMILES string of the molecule is CC(C)(NC(=O)CC(F)(F)C(C)(F)F)C(=O)C[C@@H]1C(=O)Nc2ccccc2-c2ccccc21. The van der Waals surface area contributed by atoms with Gasteiger partial charge in [-0.2, -0.15) is 8.78 Å². The Labute approximate surface area is 188 Å². The molecule has 5 nitrogen and oxygen atoms in total. The van der Waals surface area contributed by atoms with Crippen LogP contribution in [0.3, 0.4) is 0 Å². The third-order valence-electron chi connectivity index (χ3n) is 5.69.